The highest BCUT2D eigenvalue weighted by atomic mass is 19.4. The van der Waals surface area contributed by atoms with Crippen molar-refractivity contribution in [2.24, 2.45) is 0 Å². The van der Waals surface area contributed by atoms with E-state index in [1.165, 1.54) is 13.8 Å². The van der Waals surface area contributed by atoms with Crippen LogP contribution in [0.3, 0.4) is 0 Å². The van der Waals surface area contributed by atoms with E-state index < -0.39 is 35.4 Å². The Morgan fingerprint density at radius 2 is 1.83 bits per heavy atom. The Morgan fingerprint density at radius 1 is 1.33 bits per heavy atom. The standard InChI is InChI=1S/C11H18F3NO3/c1-8(2)5-10(7(16)17,9(3,4)18-8)15-6-11(12,13)14/h15H,5-6H2,1-4H3,(H,16,17). The summed E-state index contributed by atoms with van der Waals surface area (Å²) in [6.45, 7) is 4.93. The zero-order chi connectivity index (χ0) is 14.4. The number of rotatable bonds is 3. The van der Waals surface area contributed by atoms with E-state index in [-0.39, 0.29) is 6.42 Å². The van der Waals surface area contributed by atoms with Gasteiger partial charge in [0, 0.05) is 6.42 Å². The number of hydrogen-bond acceptors (Lipinski definition) is 3. The van der Waals surface area contributed by atoms with E-state index in [4.69, 9.17) is 4.74 Å². The van der Waals surface area contributed by atoms with Gasteiger partial charge in [-0.1, -0.05) is 0 Å². The predicted octanol–water partition coefficient (Wildman–Crippen LogP) is 1.94. The van der Waals surface area contributed by atoms with E-state index in [1.807, 2.05) is 0 Å². The molecule has 1 saturated heterocycles. The van der Waals surface area contributed by atoms with Gasteiger partial charge < -0.3 is 9.84 Å². The normalized spacial score (nSPS) is 30.4. The molecule has 2 N–H and O–H groups in total. The Hall–Kier alpha value is -0.820. The number of nitrogens with one attached hydrogen (secondary N) is 1. The zero-order valence-corrected chi connectivity index (χ0v) is 10.8. The van der Waals surface area contributed by atoms with Gasteiger partial charge >= 0.3 is 12.1 Å². The first kappa shape index (κ1) is 15.2. The van der Waals surface area contributed by atoms with E-state index in [0.29, 0.717) is 0 Å². The van der Waals surface area contributed by atoms with E-state index in [9.17, 15) is 23.1 Å². The van der Waals surface area contributed by atoms with Gasteiger partial charge in [-0.25, -0.2) is 0 Å². The third kappa shape index (κ3) is 2.77. The minimum Gasteiger partial charge on any atom is -0.480 e. The van der Waals surface area contributed by atoms with Gasteiger partial charge in [0.15, 0.2) is 0 Å². The molecular formula is C11H18F3NO3. The summed E-state index contributed by atoms with van der Waals surface area (Å²) >= 11 is 0. The maximum absolute atomic E-state index is 12.3. The number of carboxylic acids is 1. The number of carbonyl (C=O) groups is 1. The van der Waals surface area contributed by atoms with Gasteiger partial charge in [-0.15, -0.1) is 0 Å². The molecule has 1 unspecified atom stereocenters. The van der Waals surface area contributed by atoms with Crippen LogP contribution in [0.1, 0.15) is 34.1 Å². The average molecular weight is 269 g/mol. The second-order valence-corrected chi connectivity index (χ2v) is 5.73. The summed E-state index contributed by atoms with van der Waals surface area (Å²) in [4.78, 5) is 11.4. The van der Waals surface area contributed by atoms with E-state index in [1.54, 1.807) is 13.8 Å². The van der Waals surface area contributed by atoms with Crippen LogP contribution in [0.2, 0.25) is 0 Å². The number of alkyl halides is 3. The van der Waals surface area contributed by atoms with Gasteiger partial charge in [-0.3, -0.25) is 10.1 Å². The van der Waals surface area contributed by atoms with Crippen molar-refractivity contribution < 1.29 is 27.8 Å². The van der Waals surface area contributed by atoms with E-state index >= 15 is 0 Å². The molecule has 0 bridgehead atoms. The molecule has 0 radical (unpaired) electrons. The molecule has 1 aliphatic heterocycles. The van der Waals surface area contributed by atoms with Crippen LogP contribution < -0.4 is 5.32 Å². The Bertz CT molecular complexity index is 352. The highest BCUT2D eigenvalue weighted by molar-refractivity contribution is 5.81. The van der Waals surface area contributed by atoms with Crippen molar-refractivity contribution in [3.05, 3.63) is 0 Å². The minimum absolute atomic E-state index is 0.0294. The molecule has 1 fully saturated rings. The fourth-order valence-corrected chi connectivity index (χ4v) is 2.60. The fourth-order valence-electron chi connectivity index (χ4n) is 2.60. The van der Waals surface area contributed by atoms with Crippen LogP contribution in [0.5, 0.6) is 0 Å². The maximum Gasteiger partial charge on any atom is 0.401 e. The second-order valence-electron chi connectivity index (χ2n) is 5.73. The van der Waals surface area contributed by atoms with Crippen molar-refractivity contribution in [2.45, 2.75) is 57.0 Å². The fraction of sp³-hybridized carbons (Fsp3) is 0.909. The lowest BCUT2D eigenvalue weighted by atomic mass is 9.79. The first-order valence-corrected chi connectivity index (χ1v) is 5.57. The van der Waals surface area contributed by atoms with Crippen molar-refractivity contribution in [3.63, 3.8) is 0 Å². The number of ether oxygens (including phenoxy) is 1. The second kappa shape index (κ2) is 4.09. The summed E-state index contributed by atoms with van der Waals surface area (Å²) in [6, 6.07) is 0. The van der Waals surface area contributed by atoms with Gasteiger partial charge in [0.25, 0.3) is 0 Å². The monoisotopic (exact) mass is 269 g/mol. The number of halogens is 3. The molecule has 1 atom stereocenters. The SMILES string of the molecule is CC1(C)CC(NCC(F)(F)F)(C(=O)O)C(C)(C)O1. The van der Waals surface area contributed by atoms with Crippen LogP contribution in [-0.2, 0) is 9.53 Å². The van der Waals surface area contributed by atoms with Crippen molar-refractivity contribution >= 4 is 5.97 Å². The van der Waals surface area contributed by atoms with Crippen LogP contribution in [-0.4, -0.2) is 40.5 Å². The molecule has 106 valence electrons. The molecule has 0 aromatic carbocycles. The number of aliphatic carboxylic acids is 1. The Kier molecular flexibility index (Phi) is 3.47. The topological polar surface area (TPSA) is 58.6 Å². The largest absolute Gasteiger partial charge is 0.480 e. The summed E-state index contributed by atoms with van der Waals surface area (Å²) in [7, 11) is 0. The molecule has 7 heteroatoms. The van der Waals surface area contributed by atoms with Crippen LogP contribution in [0.15, 0.2) is 0 Å². The molecule has 0 spiro atoms. The predicted molar refractivity (Wildman–Crippen MR) is 58.3 cm³/mol. The summed E-state index contributed by atoms with van der Waals surface area (Å²) in [5, 5.41) is 11.4. The molecule has 18 heavy (non-hydrogen) atoms. The van der Waals surface area contributed by atoms with Crippen LogP contribution in [0, 0.1) is 0 Å². The Labute approximate surface area is 103 Å². The van der Waals surface area contributed by atoms with Crippen molar-refractivity contribution in [1.29, 1.82) is 0 Å². The number of hydrogen-bond donors (Lipinski definition) is 2. The van der Waals surface area contributed by atoms with Crippen molar-refractivity contribution in [1.82, 2.24) is 5.32 Å². The molecule has 0 amide bonds. The van der Waals surface area contributed by atoms with Gasteiger partial charge in [-0.2, -0.15) is 13.2 Å². The van der Waals surface area contributed by atoms with Crippen molar-refractivity contribution in [2.75, 3.05) is 6.54 Å². The first-order chi connectivity index (χ1) is 7.81. The van der Waals surface area contributed by atoms with Gasteiger partial charge in [0.1, 0.15) is 5.54 Å². The molecule has 1 rings (SSSR count). The summed E-state index contributed by atoms with van der Waals surface area (Å²) < 4.78 is 42.4. The lowest BCUT2D eigenvalue weighted by Gasteiger charge is -2.37. The summed E-state index contributed by atoms with van der Waals surface area (Å²) in [6.07, 6.45) is -4.50. The molecule has 0 aromatic rings. The summed E-state index contributed by atoms with van der Waals surface area (Å²) in [5.41, 5.74) is -3.76. The molecule has 0 aliphatic carbocycles. The third-order valence-electron chi connectivity index (χ3n) is 3.21. The molecule has 1 heterocycles. The van der Waals surface area contributed by atoms with Crippen LogP contribution >= 0.6 is 0 Å². The Balaban J connectivity index is 3.05. The zero-order valence-electron chi connectivity index (χ0n) is 10.8. The van der Waals surface area contributed by atoms with Gasteiger partial charge in [-0.05, 0) is 27.7 Å². The quantitative estimate of drug-likeness (QED) is 0.822. The molecule has 0 aromatic heterocycles. The van der Waals surface area contributed by atoms with Gasteiger partial charge in [0.05, 0.1) is 17.7 Å². The van der Waals surface area contributed by atoms with Crippen LogP contribution in [0.25, 0.3) is 0 Å². The minimum atomic E-state index is -4.47. The van der Waals surface area contributed by atoms with Crippen molar-refractivity contribution in [3.8, 4) is 0 Å². The van der Waals surface area contributed by atoms with E-state index in [2.05, 4.69) is 5.32 Å². The lowest BCUT2D eigenvalue weighted by Crippen LogP contribution is -2.64. The smallest absolute Gasteiger partial charge is 0.401 e. The summed E-state index contributed by atoms with van der Waals surface area (Å²) in [5.74, 6) is -1.33. The molecule has 0 saturated carbocycles. The highest BCUT2D eigenvalue weighted by Gasteiger charge is 2.62. The molecule has 1 aliphatic rings. The van der Waals surface area contributed by atoms with E-state index in [0.717, 1.165) is 0 Å². The Morgan fingerprint density at radius 3 is 2.11 bits per heavy atom. The lowest BCUT2D eigenvalue weighted by molar-refractivity contribution is -0.160. The molecular weight excluding hydrogens is 251 g/mol. The van der Waals surface area contributed by atoms with Crippen LogP contribution in [0.4, 0.5) is 13.2 Å². The average Bonchev–Trinajstić information content (AvgIpc) is 2.26. The maximum atomic E-state index is 12.3. The third-order valence-corrected chi connectivity index (χ3v) is 3.21. The highest BCUT2D eigenvalue weighted by Crippen LogP contribution is 2.45. The first-order valence-electron chi connectivity index (χ1n) is 5.57. The molecule has 4 nitrogen and oxygen atoms in total. The van der Waals surface area contributed by atoms with Gasteiger partial charge in [0.2, 0.25) is 0 Å². The number of carboxylic acid groups (broad SMARTS) is 1.